The van der Waals surface area contributed by atoms with Crippen LogP contribution in [0.15, 0.2) is 24.3 Å². The van der Waals surface area contributed by atoms with E-state index >= 15 is 0 Å². The highest BCUT2D eigenvalue weighted by Crippen LogP contribution is 2.15. The fourth-order valence-electron chi connectivity index (χ4n) is 2.59. The smallest absolute Gasteiger partial charge is 0.0594 e. The number of rotatable bonds is 7. The zero-order valence-electron chi connectivity index (χ0n) is 12.6. The van der Waals surface area contributed by atoms with Crippen molar-refractivity contribution in [1.29, 1.82) is 0 Å². The minimum absolute atomic E-state index is 0.866. The van der Waals surface area contributed by atoms with E-state index in [0.717, 1.165) is 78.5 Å². The molecule has 114 valence electrons. The Kier molecular flexibility index (Phi) is 6.73. The molecule has 2 rings (SSSR count). The first-order chi connectivity index (χ1) is 9.75. The van der Waals surface area contributed by atoms with Gasteiger partial charge in [0.2, 0.25) is 0 Å². The zero-order chi connectivity index (χ0) is 14.2. The lowest BCUT2D eigenvalue weighted by Gasteiger charge is -2.28. The van der Waals surface area contributed by atoms with Gasteiger partial charge in [-0.15, -0.1) is 0 Å². The second kappa shape index (κ2) is 8.57. The summed E-state index contributed by atoms with van der Waals surface area (Å²) in [7, 11) is 0. The molecule has 0 bridgehead atoms. The highest BCUT2D eigenvalue weighted by molar-refractivity contribution is 5.25. The van der Waals surface area contributed by atoms with Crippen molar-refractivity contribution in [2.75, 3.05) is 65.7 Å². The predicted octanol–water partition coefficient (Wildman–Crippen LogP) is 1.54. The van der Waals surface area contributed by atoms with Gasteiger partial charge in [0.25, 0.3) is 0 Å². The van der Waals surface area contributed by atoms with Gasteiger partial charge in [0, 0.05) is 39.3 Å². The van der Waals surface area contributed by atoms with Gasteiger partial charge in [0.05, 0.1) is 26.4 Å². The number of hydrogen-bond acceptors (Lipinski definition) is 4. The SMILES string of the molecule is C=C(CCN1CCOCC1)C(=C)CCN1CCOCC1. The van der Waals surface area contributed by atoms with Gasteiger partial charge in [-0.1, -0.05) is 24.3 Å². The Bertz CT molecular complexity index is 286. The molecule has 0 saturated carbocycles. The van der Waals surface area contributed by atoms with Crippen molar-refractivity contribution in [1.82, 2.24) is 9.80 Å². The topological polar surface area (TPSA) is 24.9 Å². The molecule has 4 nitrogen and oxygen atoms in total. The molecule has 0 amide bonds. The Labute approximate surface area is 123 Å². The van der Waals surface area contributed by atoms with E-state index < -0.39 is 0 Å². The van der Waals surface area contributed by atoms with Crippen LogP contribution in [0.5, 0.6) is 0 Å². The molecule has 0 radical (unpaired) electrons. The summed E-state index contributed by atoms with van der Waals surface area (Å²) in [5, 5.41) is 0. The first kappa shape index (κ1) is 15.7. The Balaban J connectivity index is 1.59. The summed E-state index contributed by atoms with van der Waals surface area (Å²) < 4.78 is 10.7. The first-order valence-electron chi connectivity index (χ1n) is 7.72. The molecule has 2 fully saturated rings. The van der Waals surface area contributed by atoms with Crippen molar-refractivity contribution in [2.24, 2.45) is 0 Å². The van der Waals surface area contributed by atoms with E-state index in [0.29, 0.717) is 0 Å². The van der Waals surface area contributed by atoms with Crippen LogP contribution in [0, 0.1) is 0 Å². The maximum atomic E-state index is 5.36. The van der Waals surface area contributed by atoms with Crippen LogP contribution in [-0.4, -0.2) is 75.5 Å². The molecule has 2 aliphatic heterocycles. The van der Waals surface area contributed by atoms with Crippen LogP contribution in [0.25, 0.3) is 0 Å². The monoisotopic (exact) mass is 280 g/mol. The number of nitrogens with zero attached hydrogens (tertiary/aromatic N) is 2. The predicted molar refractivity (Wildman–Crippen MR) is 82.0 cm³/mol. The normalized spacial score (nSPS) is 21.8. The minimum Gasteiger partial charge on any atom is -0.379 e. The number of hydrogen-bond donors (Lipinski definition) is 0. The van der Waals surface area contributed by atoms with Crippen LogP contribution in [0.4, 0.5) is 0 Å². The largest absolute Gasteiger partial charge is 0.379 e. The standard InChI is InChI=1S/C16H28N2O2/c1-15(3-5-17-7-11-19-12-8-17)16(2)4-6-18-9-13-20-14-10-18/h1-14H2. The molecule has 0 N–H and O–H groups in total. The van der Waals surface area contributed by atoms with Gasteiger partial charge in [-0.3, -0.25) is 9.80 Å². The van der Waals surface area contributed by atoms with E-state index in [4.69, 9.17) is 9.47 Å². The van der Waals surface area contributed by atoms with Crippen LogP contribution in [-0.2, 0) is 9.47 Å². The third-order valence-electron chi connectivity index (χ3n) is 4.17. The van der Waals surface area contributed by atoms with Crippen LogP contribution in [0.3, 0.4) is 0 Å². The van der Waals surface area contributed by atoms with E-state index in [2.05, 4.69) is 23.0 Å². The van der Waals surface area contributed by atoms with Gasteiger partial charge in [0.15, 0.2) is 0 Å². The molecular formula is C16H28N2O2. The molecular weight excluding hydrogens is 252 g/mol. The summed E-state index contributed by atoms with van der Waals surface area (Å²) in [6, 6.07) is 0. The van der Waals surface area contributed by atoms with Crippen molar-refractivity contribution < 1.29 is 9.47 Å². The van der Waals surface area contributed by atoms with Gasteiger partial charge >= 0.3 is 0 Å². The van der Waals surface area contributed by atoms with Gasteiger partial charge in [-0.2, -0.15) is 0 Å². The molecule has 0 aliphatic carbocycles. The third-order valence-corrected chi connectivity index (χ3v) is 4.17. The molecule has 0 aromatic carbocycles. The highest BCUT2D eigenvalue weighted by Gasteiger charge is 2.13. The number of morpholine rings is 2. The average Bonchev–Trinajstić information content (AvgIpc) is 2.52. The van der Waals surface area contributed by atoms with Crippen molar-refractivity contribution in [3.05, 3.63) is 24.3 Å². The molecule has 0 aromatic rings. The average molecular weight is 280 g/mol. The first-order valence-corrected chi connectivity index (χ1v) is 7.72. The van der Waals surface area contributed by atoms with Crippen LogP contribution >= 0.6 is 0 Å². The van der Waals surface area contributed by atoms with Crippen LogP contribution in [0.2, 0.25) is 0 Å². The molecule has 20 heavy (non-hydrogen) atoms. The van der Waals surface area contributed by atoms with Crippen molar-refractivity contribution >= 4 is 0 Å². The molecule has 0 spiro atoms. The minimum atomic E-state index is 0.866. The third kappa shape index (κ3) is 5.37. The molecule has 2 heterocycles. The summed E-state index contributed by atoms with van der Waals surface area (Å²) in [5.74, 6) is 0. The van der Waals surface area contributed by atoms with Crippen LogP contribution < -0.4 is 0 Å². The maximum Gasteiger partial charge on any atom is 0.0594 e. The molecule has 2 aliphatic rings. The maximum absolute atomic E-state index is 5.36. The molecule has 0 aromatic heterocycles. The summed E-state index contributed by atoms with van der Waals surface area (Å²) in [6.07, 6.45) is 2.06. The second-order valence-electron chi connectivity index (χ2n) is 5.62. The Morgan fingerprint density at radius 3 is 1.40 bits per heavy atom. The fourth-order valence-corrected chi connectivity index (χ4v) is 2.59. The van der Waals surface area contributed by atoms with Gasteiger partial charge in [-0.25, -0.2) is 0 Å². The molecule has 2 saturated heterocycles. The quantitative estimate of drug-likeness (QED) is 0.661. The molecule has 4 heteroatoms. The Morgan fingerprint density at radius 2 is 1.05 bits per heavy atom. The Hall–Kier alpha value is -0.680. The van der Waals surface area contributed by atoms with E-state index in [1.165, 1.54) is 11.1 Å². The van der Waals surface area contributed by atoms with E-state index in [-0.39, 0.29) is 0 Å². The summed E-state index contributed by atoms with van der Waals surface area (Å²) in [6.45, 7) is 18.2. The van der Waals surface area contributed by atoms with Crippen molar-refractivity contribution in [2.45, 2.75) is 12.8 Å². The summed E-state index contributed by atoms with van der Waals surface area (Å²) in [4.78, 5) is 4.90. The molecule has 0 atom stereocenters. The van der Waals surface area contributed by atoms with Crippen LogP contribution in [0.1, 0.15) is 12.8 Å². The lowest BCUT2D eigenvalue weighted by Crippen LogP contribution is -2.37. The lowest BCUT2D eigenvalue weighted by atomic mass is 10.0. The number of ether oxygens (including phenoxy) is 2. The van der Waals surface area contributed by atoms with Gasteiger partial charge in [-0.05, 0) is 12.8 Å². The zero-order valence-corrected chi connectivity index (χ0v) is 12.6. The van der Waals surface area contributed by atoms with E-state index in [1.807, 2.05) is 0 Å². The van der Waals surface area contributed by atoms with E-state index in [9.17, 15) is 0 Å². The Morgan fingerprint density at radius 1 is 0.700 bits per heavy atom. The fraction of sp³-hybridized carbons (Fsp3) is 0.750. The van der Waals surface area contributed by atoms with Gasteiger partial charge in [0.1, 0.15) is 0 Å². The highest BCUT2D eigenvalue weighted by atomic mass is 16.5. The van der Waals surface area contributed by atoms with Gasteiger partial charge < -0.3 is 9.47 Å². The van der Waals surface area contributed by atoms with Crippen molar-refractivity contribution in [3.63, 3.8) is 0 Å². The van der Waals surface area contributed by atoms with E-state index in [1.54, 1.807) is 0 Å². The summed E-state index contributed by atoms with van der Waals surface area (Å²) in [5.41, 5.74) is 2.43. The lowest BCUT2D eigenvalue weighted by molar-refractivity contribution is 0.0377. The summed E-state index contributed by atoms with van der Waals surface area (Å²) >= 11 is 0. The van der Waals surface area contributed by atoms with Crippen molar-refractivity contribution in [3.8, 4) is 0 Å². The second-order valence-corrected chi connectivity index (χ2v) is 5.62. The molecule has 0 unspecified atom stereocenters.